The highest BCUT2D eigenvalue weighted by Crippen LogP contribution is 2.38. The Hall–Kier alpha value is -4.06. The third-order valence-corrected chi connectivity index (χ3v) is 7.91. The van der Waals surface area contributed by atoms with Crippen molar-refractivity contribution in [3.8, 4) is 0 Å². The molecule has 0 spiro atoms. The molecule has 4 amide bonds. The van der Waals surface area contributed by atoms with E-state index in [1.54, 1.807) is 44.2 Å². The molecular weight excluding hydrogens is 526 g/mol. The van der Waals surface area contributed by atoms with Gasteiger partial charge in [0.15, 0.2) is 6.61 Å². The minimum atomic E-state index is -0.901. The Labute approximate surface area is 228 Å². The molecule has 39 heavy (non-hydrogen) atoms. The zero-order valence-corrected chi connectivity index (χ0v) is 22.4. The summed E-state index contributed by atoms with van der Waals surface area (Å²) in [5.41, 5.74) is 0.905. The molecule has 1 aromatic heterocycles. The molecule has 0 unspecified atom stereocenters. The van der Waals surface area contributed by atoms with Gasteiger partial charge in [0, 0.05) is 5.69 Å². The predicted octanol–water partition coefficient (Wildman–Crippen LogP) is 3.14. The first kappa shape index (κ1) is 28.0. The number of anilines is 2. The predicted molar refractivity (Wildman–Crippen MR) is 141 cm³/mol. The van der Waals surface area contributed by atoms with E-state index in [9.17, 15) is 28.8 Å². The molecule has 1 saturated carbocycles. The number of nitrogens with zero attached hydrogens (tertiary/aromatic N) is 1. The lowest BCUT2D eigenvalue weighted by atomic mass is 9.81. The third kappa shape index (κ3) is 6.17. The molecule has 2 aromatic rings. The van der Waals surface area contributed by atoms with Crippen molar-refractivity contribution < 1.29 is 38.2 Å². The number of para-hydroxylation sites is 1. The molecule has 206 valence electrons. The van der Waals surface area contributed by atoms with Crippen LogP contribution in [0.1, 0.15) is 58.2 Å². The molecule has 2 aliphatic rings. The number of ether oxygens (including phenoxy) is 2. The van der Waals surface area contributed by atoms with Crippen LogP contribution < -0.4 is 10.6 Å². The number of nitrogens with one attached hydrogen (secondary N) is 2. The zero-order valence-electron chi connectivity index (χ0n) is 21.6. The van der Waals surface area contributed by atoms with E-state index >= 15 is 0 Å². The van der Waals surface area contributed by atoms with Gasteiger partial charge in [0.1, 0.15) is 11.5 Å². The Kier molecular flexibility index (Phi) is 8.75. The maximum absolute atomic E-state index is 12.9. The molecule has 0 bridgehead atoms. The van der Waals surface area contributed by atoms with Crippen LogP contribution >= 0.6 is 11.3 Å². The SMILES string of the molecule is CCOC(=O)c1c(NC(=O)COC(=O)CN2C(=O)[C@H]3CCCC[C@@H]3C2=O)sc(C(=O)Nc2ccccc2)c1C. The third-order valence-electron chi connectivity index (χ3n) is 6.70. The number of fused-ring (bicyclic) bond motifs is 1. The normalized spacial score (nSPS) is 18.4. The number of hydrogen-bond acceptors (Lipinski definition) is 9. The largest absolute Gasteiger partial charge is 0.462 e. The molecule has 1 saturated heterocycles. The number of rotatable bonds is 9. The van der Waals surface area contributed by atoms with Gasteiger partial charge in [-0.2, -0.15) is 0 Å². The summed E-state index contributed by atoms with van der Waals surface area (Å²) in [6.07, 6.45) is 2.98. The van der Waals surface area contributed by atoms with Gasteiger partial charge in [-0.05, 0) is 44.4 Å². The fourth-order valence-corrected chi connectivity index (χ4v) is 5.95. The summed E-state index contributed by atoms with van der Waals surface area (Å²) in [5.74, 6) is -4.38. The summed E-state index contributed by atoms with van der Waals surface area (Å²) in [6, 6.07) is 8.74. The van der Waals surface area contributed by atoms with Crippen molar-refractivity contribution in [1.82, 2.24) is 4.90 Å². The molecule has 12 heteroatoms. The number of benzene rings is 1. The first-order valence-corrected chi connectivity index (χ1v) is 13.5. The summed E-state index contributed by atoms with van der Waals surface area (Å²) in [5, 5.41) is 5.32. The fraction of sp³-hybridized carbons (Fsp3) is 0.407. The number of carbonyl (C=O) groups is 6. The Balaban J connectivity index is 1.40. The first-order chi connectivity index (χ1) is 18.7. The minimum absolute atomic E-state index is 0.0237. The van der Waals surface area contributed by atoms with E-state index in [4.69, 9.17) is 9.47 Å². The molecule has 0 radical (unpaired) electrons. The van der Waals surface area contributed by atoms with Crippen molar-refractivity contribution >= 4 is 57.6 Å². The molecule has 2 N–H and O–H groups in total. The van der Waals surface area contributed by atoms with Crippen molar-refractivity contribution in [2.75, 3.05) is 30.4 Å². The first-order valence-electron chi connectivity index (χ1n) is 12.7. The van der Waals surface area contributed by atoms with Gasteiger partial charge in [0.25, 0.3) is 11.8 Å². The van der Waals surface area contributed by atoms with E-state index in [2.05, 4.69) is 10.6 Å². The molecule has 2 fully saturated rings. The quantitative estimate of drug-likeness (QED) is 0.354. The van der Waals surface area contributed by atoms with Gasteiger partial charge >= 0.3 is 11.9 Å². The molecule has 11 nitrogen and oxygen atoms in total. The van der Waals surface area contributed by atoms with Crippen LogP contribution in [0.4, 0.5) is 10.7 Å². The van der Waals surface area contributed by atoms with Crippen molar-refractivity contribution in [3.63, 3.8) is 0 Å². The Morgan fingerprint density at radius 1 is 0.974 bits per heavy atom. The second-order valence-corrected chi connectivity index (χ2v) is 10.3. The number of carbonyl (C=O) groups excluding carboxylic acids is 6. The van der Waals surface area contributed by atoms with Crippen LogP contribution in [-0.2, 0) is 28.7 Å². The van der Waals surface area contributed by atoms with Gasteiger partial charge < -0.3 is 20.1 Å². The molecule has 2 atom stereocenters. The van der Waals surface area contributed by atoms with Gasteiger partial charge in [0.05, 0.1) is 28.9 Å². The van der Waals surface area contributed by atoms with Crippen LogP contribution in [0.15, 0.2) is 30.3 Å². The summed E-state index contributed by atoms with van der Waals surface area (Å²) in [6.45, 7) is 2.01. The molecule has 4 rings (SSSR count). The lowest BCUT2D eigenvalue weighted by Crippen LogP contribution is -2.37. The zero-order chi connectivity index (χ0) is 28.1. The van der Waals surface area contributed by atoms with Gasteiger partial charge in [-0.25, -0.2) is 4.79 Å². The van der Waals surface area contributed by atoms with Crippen molar-refractivity contribution in [1.29, 1.82) is 0 Å². The maximum atomic E-state index is 12.9. The molecule has 1 aliphatic carbocycles. The lowest BCUT2D eigenvalue weighted by Gasteiger charge is -2.19. The average molecular weight is 556 g/mol. The van der Waals surface area contributed by atoms with E-state index in [0.717, 1.165) is 29.1 Å². The van der Waals surface area contributed by atoms with Gasteiger partial charge in [-0.15, -0.1) is 11.3 Å². The highest BCUT2D eigenvalue weighted by Gasteiger charge is 2.48. The van der Waals surface area contributed by atoms with E-state index in [0.29, 0.717) is 24.1 Å². The highest BCUT2D eigenvalue weighted by atomic mass is 32.1. The van der Waals surface area contributed by atoms with E-state index < -0.39 is 36.9 Å². The monoisotopic (exact) mass is 555 g/mol. The Bertz CT molecular complexity index is 1280. The van der Waals surface area contributed by atoms with Crippen LogP contribution in [-0.4, -0.2) is 60.2 Å². The average Bonchev–Trinajstić information content (AvgIpc) is 3.37. The van der Waals surface area contributed by atoms with Gasteiger partial charge in [-0.3, -0.25) is 28.9 Å². The van der Waals surface area contributed by atoms with Crippen LogP contribution in [0.25, 0.3) is 0 Å². The number of amides is 4. The number of thiophene rings is 1. The smallest absolute Gasteiger partial charge is 0.341 e. The van der Waals surface area contributed by atoms with Crippen molar-refractivity contribution in [2.45, 2.75) is 39.5 Å². The minimum Gasteiger partial charge on any atom is -0.462 e. The summed E-state index contributed by atoms with van der Waals surface area (Å²) < 4.78 is 10.1. The summed E-state index contributed by atoms with van der Waals surface area (Å²) in [4.78, 5) is 76.8. The second-order valence-electron chi connectivity index (χ2n) is 9.27. The van der Waals surface area contributed by atoms with Crippen LogP contribution in [0.3, 0.4) is 0 Å². The number of likely N-dealkylation sites (tertiary alicyclic amines) is 1. The van der Waals surface area contributed by atoms with Crippen LogP contribution in [0.5, 0.6) is 0 Å². The maximum Gasteiger partial charge on any atom is 0.341 e. The van der Waals surface area contributed by atoms with Gasteiger partial charge in [0.2, 0.25) is 11.8 Å². The molecule has 2 heterocycles. The van der Waals surface area contributed by atoms with Crippen LogP contribution in [0.2, 0.25) is 0 Å². The Morgan fingerprint density at radius 2 is 1.62 bits per heavy atom. The summed E-state index contributed by atoms with van der Waals surface area (Å²) >= 11 is 0.885. The fourth-order valence-electron chi connectivity index (χ4n) is 4.85. The van der Waals surface area contributed by atoms with E-state index in [-0.39, 0.29) is 45.7 Å². The highest BCUT2D eigenvalue weighted by molar-refractivity contribution is 7.19. The van der Waals surface area contributed by atoms with Crippen molar-refractivity contribution in [3.05, 3.63) is 46.3 Å². The van der Waals surface area contributed by atoms with E-state index in [1.807, 2.05) is 0 Å². The van der Waals surface area contributed by atoms with E-state index in [1.165, 1.54) is 0 Å². The molecule has 1 aliphatic heterocycles. The number of imide groups is 1. The van der Waals surface area contributed by atoms with Crippen LogP contribution in [0, 0.1) is 18.8 Å². The van der Waals surface area contributed by atoms with Gasteiger partial charge in [-0.1, -0.05) is 31.0 Å². The number of hydrogen-bond donors (Lipinski definition) is 2. The standard InChI is InChI=1S/C27H29N3O8S/c1-3-37-27(36)21-15(2)22(23(33)28-16-9-5-4-6-10-16)39-24(21)29-19(31)14-38-20(32)13-30-25(34)17-11-7-8-12-18(17)26(30)35/h4-6,9-10,17-18H,3,7-8,11-14H2,1-2H3,(H,28,33)(H,29,31)/t17-,18-/m0/s1. The Morgan fingerprint density at radius 3 is 2.23 bits per heavy atom. The summed E-state index contributed by atoms with van der Waals surface area (Å²) in [7, 11) is 0. The van der Waals surface area contributed by atoms with Crippen molar-refractivity contribution in [2.24, 2.45) is 11.8 Å². The topological polar surface area (TPSA) is 148 Å². The molecule has 1 aromatic carbocycles. The lowest BCUT2D eigenvalue weighted by molar-refractivity contribution is -0.154. The number of esters is 2. The second kappa shape index (κ2) is 12.2. The molecular formula is C27H29N3O8S.